The van der Waals surface area contributed by atoms with Crippen LogP contribution in [0, 0.1) is 0 Å². The zero-order valence-electron chi connectivity index (χ0n) is 10.7. The van der Waals surface area contributed by atoms with Crippen LogP contribution < -0.4 is 5.73 Å². The highest BCUT2D eigenvalue weighted by Gasteiger charge is 2.22. The van der Waals surface area contributed by atoms with Crippen molar-refractivity contribution in [2.45, 2.75) is 25.7 Å². The molecule has 2 aromatic heterocycles. The lowest BCUT2D eigenvalue weighted by Gasteiger charge is -2.30. The SMILES string of the molecule is CCN1CCCC(c2cc3ncc(N)cn3n2)C1. The molecule has 18 heavy (non-hydrogen) atoms. The quantitative estimate of drug-likeness (QED) is 0.871. The van der Waals surface area contributed by atoms with Gasteiger partial charge in [-0.3, -0.25) is 0 Å². The highest BCUT2D eigenvalue weighted by molar-refractivity contribution is 5.45. The van der Waals surface area contributed by atoms with Crippen LogP contribution >= 0.6 is 0 Å². The molecule has 5 nitrogen and oxygen atoms in total. The summed E-state index contributed by atoms with van der Waals surface area (Å²) in [6, 6.07) is 2.09. The van der Waals surface area contributed by atoms with Gasteiger partial charge in [-0.25, -0.2) is 9.50 Å². The summed E-state index contributed by atoms with van der Waals surface area (Å²) in [5, 5.41) is 4.61. The Kier molecular flexibility index (Phi) is 2.91. The molecule has 1 atom stereocenters. The lowest BCUT2D eigenvalue weighted by Crippen LogP contribution is -2.34. The maximum Gasteiger partial charge on any atom is 0.155 e. The molecule has 3 rings (SSSR count). The Labute approximate surface area is 107 Å². The number of rotatable bonds is 2. The molecule has 1 unspecified atom stereocenters. The second-order valence-electron chi connectivity index (χ2n) is 4.99. The van der Waals surface area contributed by atoms with Gasteiger partial charge in [-0.1, -0.05) is 6.92 Å². The number of anilines is 1. The van der Waals surface area contributed by atoms with E-state index in [0.29, 0.717) is 11.6 Å². The maximum atomic E-state index is 5.72. The number of likely N-dealkylation sites (N-methyl/N-ethyl adjacent to an activating group) is 1. The Morgan fingerprint density at radius 2 is 2.39 bits per heavy atom. The molecule has 3 heterocycles. The van der Waals surface area contributed by atoms with E-state index < -0.39 is 0 Å². The summed E-state index contributed by atoms with van der Waals surface area (Å²) < 4.78 is 1.79. The van der Waals surface area contributed by atoms with E-state index in [1.807, 2.05) is 6.20 Å². The number of fused-ring (bicyclic) bond motifs is 1. The molecular weight excluding hydrogens is 226 g/mol. The highest BCUT2D eigenvalue weighted by Crippen LogP contribution is 2.26. The van der Waals surface area contributed by atoms with E-state index in [9.17, 15) is 0 Å². The van der Waals surface area contributed by atoms with Crippen molar-refractivity contribution in [3.63, 3.8) is 0 Å². The van der Waals surface area contributed by atoms with Crippen LogP contribution in [0.3, 0.4) is 0 Å². The van der Waals surface area contributed by atoms with Gasteiger partial charge in [0.2, 0.25) is 0 Å². The molecule has 0 saturated carbocycles. The van der Waals surface area contributed by atoms with Crippen molar-refractivity contribution in [3.8, 4) is 0 Å². The Hall–Kier alpha value is -1.62. The van der Waals surface area contributed by atoms with Crippen LogP contribution in [0.15, 0.2) is 18.5 Å². The van der Waals surface area contributed by atoms with Crippen molar-refractivity contribution in [1.82, 2.24) is 19.5 Å². The van der Waals surface area contributed by atoms with Gasteiger partial charge >= 0.3 is 0 Å². The topological polar surface area (TPSA) is 59.5 Å². The molecule has 1 aliphatic rings. The average Bonchev–Trinajstić information content (AvgIpc) is 2.81. The van der Waals surface area contributed by atoms with Gasteiger partial charge in [-0.2, -0.15) is 5.10 Å². The monoisotopic (exact) mass is 245 g/mol. The normalized spacial score (nSPS) is 21.5. The van der Waals surface area contributed by atoms with Crippen molar-refractivity contribution in [2.75, 3.05) is 25.4 Å². The van der Waals surface area contributed by atoms with Gasteiger partial charge in [-0.15, -0.1) is 0 Å². The number of piperidine rings is 1. The molecule has 2 aromatic rings. The molecule has 0 spiro atoms. The summed E-state index contributed by atoms with van der Waals surface area (Å²) in [6.45, 7) is 5.66. The van der Waals surface area contributed by atoms with Gasteiger partial charge in [0.1, 0.15) is 0 Å². The number of nitrogens with zero attached hydrogens (tertiary/aromatic N) is 4. The van der Waals surface area contributed by atoms with E-state index in [1.54, 1.807) is 10.7 Å². The molecule has 1 aliphatic heterocycles. The third-order valence-corrected chi connectivity index (χ3v) is 3.72. The fraction of sp³-hybridized carbons (Fsp3) is 0.538. The first-order chi connectivity index (χ1) is 8.76. The summed E-state index contributed by atoms with van der Waals surface area (Å²) in [4.78, 5) is 6.78. The predicted molar refractivity (Wildman–Crippen MR) is 71.5 cm³/mol. The van der Waals surface area contributed by atoms with E-state index in [2.05, 4.69) is 28.0 Å². The third kappa shape index (κ3) is 2.06. The molecule has 0 aromatic carbocycles. The summed E-state index contributed by atoms with van der Waals surface area (Å²) in [7, 11) is 0. The summed E-state index contributed by atoms with van der Waals surface area (Å²) in [6.07, 6.45) is 5.98. The minimum atomic E-state index is 0.529. The van der Waals surface area contributed by atoms with Gasteiger partial charge < -0.3 is 10.6 Å². The first-order valence-electron chi connectivity index (χ1n) is 6.59. The standard InChI is InChI=1S/C13H19N5/c1-2-17-5-3-4-10(8-17)12-6-13-15-7-11(14)9-18(13)16-12/h6-7,9-10H,2-5,8,14H2,1H3. The first kappa shape index (κ1) is 11.5. The van der Waals surface area contributed by atoms with E-state index in [4.69, 9.17) is 5.73 Å². The van der Waals surface area contributed by atoms with E-state index >= 15 is 0 Å². The van der Waals surface area contributed by atoms with Crippen molar-refractivity contribution in [1.29, 1.82) is 0 Å². The fourth-order valence-electron chi connectivity index (χ4n) is 2.69. The van der Waals surface area contributed by atoms with E-state index in [1.165, 1.54) is 19.4 Å². The van der Waals surface area contributed by atoms with Gasteiger partial charge in [0, 0.05) is 18.5 Å². The lowest BCUT2D eigenvalue weighted by molar-refractivity contribution is 0.216. The lowest BCUT2D eigenvalue weighted by atomic mass is 9.95. The Balaban J connectivity index is 1.89. The van der Waals surface area contributed by atoms with Crippen LogP contribution in [0.1, 0.15) is 31.4 Å². The van der Waals surface area contributed by atoms with Crippen LogP contribution in [-0.2, 0) is 0 Å². The molecule has 0 aliphatic carbocycles. The Morgan fingerprint density at radius 3 is 3.22 bits per heavy atom. The summed E-state index contributed by atoms with van der Waals surface area (Å²) in [5.74, 6) is 0.529. The zero-order valence-corrected chi connectivity index (χ0v) is 10.7. The zero-order chi connectivity index (χ0) is 12.5. The van der Waals surface area contributed by atoms with Crippen molar-refractivity contribution in [3.05, 3.63) is 24.2 Å². The van der Waals surface area contributed by atoms with Crippen LogP contribution in [0.2, 0.25) is 0 Å². The van der Waals surface area contributed by atoms with Crippen molar-refractivity contribution < 1.29 is 0 Å². The third-order valence-electron chi connectivity index (χ3n) is 3.72. The number of nitrogens with two attached hydrogens (primary N) is 1. The maximum absolute atomic E-state index is 5.72. The molecule has 5 heteroatoms. The molecule has 2 N–H and O–H groups in total. The fourth-order valence-corrected chi connectivity index (χ4v) is 2.69. The average molecular weight is 245 g/mol. The molecule has 0 bridgehead atoms. The second-order valence-corrected chi connectivity index (χ2v) is 4.99. The van der Waals surface area contributed by atoms with Crippen molar-refractivity contribution in [2.24, 2.45) is 0 Å². The summed E-state index contributed by atoms with van der Waals surface area (Å²) >= 11 is 0. The Bertz CT molecular complexity index is 547. The number of hydrogen-bond donors (Lipinski definition) is 1. The Morgan fingerprint density at radius 1 is 1.50 bits per heavy atom. The van der Waals surface area contributed by atoms with Crippen molar-refractivity contribution >= 4 is 11.3 Å². The molecule has 1 fully saturated rings. The molecule has 96 valence electrons. The largest absolute Gasteiger partial charge is 0.396 e. The second kappa shape index (κ2) is 4.57. The summed E-state index contributed by atoms with van der Waals surface area (Å²) in [5.41, 5.74) is 8.40. The number of hydrogen-bond acceptors (Lipinski definition) is 4. The smallest absolute Gasteiger partial charge is 0.155 e. The molecule has 0 amide bonds. The minimum absolute atomic E-state index is 0.529. The minimum Gasteiger partial charge on any atom is -0.396 e. The number of aromatic nitrogens is 3. The van der Waals surface area contributed by atoms with E-state index in [-0.39, 0.29) is 0 Å². The van der Waals surface area contributed by atoms with Gasteiger partial charge in [0.25, 0.3) is 0 Å². The van der Waals surface area contributed by atoms with Crippen LogP contribution in [-0.4, -0.2) is 39.1 Å². The molecular formula is C13H19N5. The van der Waals surface area contributed by atoms with Gasteiger partial charge in [-0.05, 0) is 25.9 Å². The number of nitrogen functional groups attached to an aromatic ring is 1. The van der Waals surface area contributed by atoms with E-state index in [0.717, 1.165) is 24.4 Å². The first-order valence-corrected chi connectivity index (χ1v) is 6.59. The predicted octanol–water partition coefficient (Wildman–Crippen LogP) is 1.51. The van der Waals surface area contributed by atoms with Crippen LogP contribution in [0.4, 0.5) is 5.69 Å². The molecule has 1 saturated heterocycles. The number of likely N-dealkylation sites (tertiary alicyclic amines) is 1. The molecule has 0 radical (unpaired) electrons. The highest BCUT2D eigenvalue weighted by atomic mass is 15.3. The van der Waals surface area contributed by atoms with Gasteiger partial charge in [0.15, 0.2) is 5.65 Å². The van der Waals surface area contributed by atoms with Crippen LogP contribution in [0.25, 0.3) is 5.65 Å². The van der Waals surface area contributed by atoms with Gasteiger partial charge in [0.05, 0.1) is 23.8 Å². The van der Waals surface area contributed by atoms with Crippen LogP contribution in [0.5, 0.6) is 0 Å².